The monoisotopic (exact) mass is 261 g/mol. The molecule has 10 heteroatoms. The molecular formula is C7H11N5O4S. The van der Waals surface area contributed by atoms with E-state index in [1.165, 1.54) is 0 Å². The van der Waals surface area contributed by atoms with Gasteiger partial charge in [-0.3, -0.25) is 0 Å². The zero-order valence-electron chi connectivity index (χ0n) is 9.00. The number of hydrogen-bond acceptors (Lipinski definition) is 8. The number of rotatable bonds is 6. The van der Waals surface area contributed by atoms with Crippen molar-refractivity contribution in [1.82, 2.24) is 15.5 Å². The number of alkyl carbamates (subject to hydrolysis) is 1. The molecule has 2 N–H and O–H groups in total. The van der Waals surface area contributed by atoms with Crippen molar-refractivity contribution in [3.8, 4) is 0 Å². The number of nitrogens with one attached hydrogen (secondary N) is 2. The molecule has 0 saturated heterocycles. The van der Waals surface area contributed by atoms with E-state index >= 15 is 0 Å². The normalized spacial score (nSPS) is 9.71. The number of carbonyl (C=O) groups is 1. The van der Waals surface area contributed by atoms with Crippen LogP contribution < -0.4 is 10.6 Å². The van der Waals surface area contributed by atoms with Gasteiger partial charge >= 0.3 is 11.2 Å². The van der Waals surface area contributed by atoms with E-state index in [4.69, 9.17) is 0 Å². The molecular weight excluding hydrogens is 250 g/mol. The SMILES string of the molecule is CCOC(=O)NCCNc1nnc([N+](=O)[O-])s1. The third-order valence-electron chi connectivity index (χ3n) is 1.52. The van der Waals surface area contributed by atoms with Gasteiger partial charge in [-0.2, -0.15) is 0 Å². The van der Waals surface area contributed by atoms with Gasteiger partial charge in [-0.05, 0) is 16.9 Å². The first-order valence-electron chi connectivity index (χ1n) is 4.76. The lowest BCUT2D eigenvalue weighted by Crippen LogP contribution is -2.29. The molecule has 1 heterocycles. The molecule has 0 radical (unpaired) electrons. The van der Waals surface area contributed by atoms with Gasteiger partial charge in [0.05, 0.1) is 11.7 Å². The molecule has 9 nitrogen and oxygen atoms in total. The van der Waals surface area contributed by atoms with Crippen LogP contribution in [0.5, 0.6) is 0 Å². The second kappa shape index (κ2) is 6.58. The van der Waals surface area contributed by atoms with Gasteiger partial charge in [-0.15, -0.1) is 0 Å². The topological polar surface area (TPSA) is 119 Å². The average Bonchev–Trinajstić information content (AvgIpc) is 2.73. The highest BCUT2D eigenvalue weighted by Gasteiger charge is 2.14. The maximum Gasteiger partial charge on any atom is 0.452 e. The fourth-order valence-corrected chi connectivity index (χ4v) is 1.46. The van der Waals surface area contributed by atoms with Crippen molar-refractivity contribution in [3.63, 3.8) is 0 Å². The maximum atomic E-state index is 10.9. The van der Waals surface area contributed by atoms with Gasteiger partial charge in [-0.25, -0.2) is 4.79 Å². The number of nitro groups is 1. The fourth-order valence-electron chi connectivity index (χ4n) is 0.877. The van der Waals surface area contributed by atoms with E-state index in [9.17, 15) is 14.9 Å². The minimum atomic E-state index is -0.611. The summed E-state index contributed by atoms with van der Waals surface area (Å²) in [4.78, 5) is 20.6. The van der Waals surface area contributed by atoms with Crippen LogP contribution in [0.1, 0.15) is 6.92 Å². The molecule has 0 spiro atoms. The van der Waals surface area contributed by atoms with E-state index in [2.05, 4.69) is 25.6 Å². The minimum Gasteiger partial charge on any atom is -0.450 e. The van der Waals surface area contributed by atoms with Gasteiger partial charge in [0.2, 0.25) is 5.13 Å². The molecule has 0 atom stereocenters. The number of ether oxygens (including phenoxy) is 1. The summed E-state index contributed by atoms with van der Waals surface area (Å²) in [7, 11) is 0. The van der Waals surface area contributed by atoms with Gasteiger partial charge in [0.1, 0.15) is 0 Å². The number of aromatic nitrogens is 2. The molecule has 0 aliphatic rings. The molecule has 0 aliphatic heterocycles. The summed E-state index contributed by atoms with van der Waals surface area (Å²) in [5, 5.41) is 22.6. The summed E-state index contributed by atoms with van der Waals surface area (Å²) < 4.78 is 4.64. The van der Waals surface area contributed by atoms with Gasteiger partial charge in [-0.1, -0.05) is 0 Å². The summed E-state index contributed by atoms with van der Waals surface area (Å²) in [6.45, 7) is 2.72. The zero-order chi connectivity index (χ0) is 12.7. The van der Waals surface area contributed by atoms with Crippen LogP contribution in [-0.4, -0.2) is 40.9 Å². The minimum absolute atomic E-state index is 0.272. The first-order chi connectivity index (χ1) is 8.13. The number of carbonyl (C=O) groups excluding carboxylic acids is 1. The summed E-state index contributed by atoms with van der Waals surface area (Å²) in [5.41, 5.74) is 0. The summed E-state index contributed by atoms with van der Waals surface area (Å²) in [6, 6.07) is 0. The van der Waals surface area contributed by atoms with E-state index in [0.29, 0.717) is 24.8 Å². The van der Waals surface area contributed by atoms with E-state index in [1.807, 2.05) is 0 Å². The first-order valence-corrected chi connectivity index (χ1v) is 5.57. The number of hydrogen-bond donors (Lipinski definition) is 2. The molecule has 0 fully saturated rings. The number of amides is 1. The summed E-state index contributed by atoms with van der Waals surface area (Å²) >= 11 is 0.834. The van der Waals surface area contributed by atoms with Crippen molar-refractivity contribution in [2.75, 3.05) is 25.0 Å². The van der Waals surface area contributed by atoms with Crippen LogP contribution in [0.15, 0.2) is 0 Å². The van der Waals surface area contributed by atoms with Gasteiger partial charge in [0.25, 0.3) is 0 Å². The van der Waals surface area contributed by atoms with Crippen LogP contribution in [-0.2, 0) is 4.74 Å². The van der Waals surface area contributed by atoms with Crippen molar-refractivity contribution in [1.29, 1.82) is 0 Å². The van der Waals surface area contributed by atoms with Gasteiger partial charge in [0, 0.05) is 24.4 Å². The fraction of sp³-hybridized carbons (Fsp3) is 0.571. The Morgan fingerprint density at radius 3 is 2.88 bits per heavy atom. The predicted molar refractivity (Wildman–Crippen MR) is 60.1 cm³/mol. The Morgan fingerprint density at radius 1 is 1.53 bits per heavy atom. The Morgan fingerprint density at radius 2 is 2.29 bits per heavy atom. The first kappa shape index (κ1) is 13.1. The Bertz CT molecular complexity index is 395. The average molecular weight is 261 g/mol. The maximum absolute atomic E-state index is 10.9. The molecule has 17 heavy (non-hydrogen) atoms. The molecule has 0 saturated carbocycles. The highest BCUT2D eigenvalue weighted by Crippen LogP contribution is 2.20. The van der Waals surface area contributed by atoms with Gasteiger partial charge < -0.3 is 25.5 Å². The second-order valence-electron chi connectivity index (χ2n) is 2.72. The highest BCUT2D eigenvalue weighted by atomic mass is 32.1. The van der Waals surface area contributed by atoms with Crippen LogP contribution in [0, 0.1) is 10.1 Å². The molecule has 1 amide bonds. The van der Waals surface area contributed by atoms with Crippen LogP contribution >= 0.6 is 11.3 Å². The van der Waals surface area contributed by atoms with Crippen LogP contribution in [0.2, 0.25) is 0 Å². The Hall–Kier alpha value is -1.97. The molecule has 0 unspecified atom stereocenters. The molecule has 1 aromatic heterocycles. The molecule has 0 aliphatic carbocycles. The molecule has 1 rings (SSSR count). The Balaban J connectivity index is 2.22. The summed E-state index contributed by atoms with van der Waals surface area (Å²) in [6.07, 6.45) is -0.502. The van der Waals surface area contributed by atoms with E-state index < -0.39 is 11.0 Å². The zero-order valence-corrected chi connectivity index (χ0v) is 9.82. The summed E-state index contributed by atoms with van der Waals surface area (Å²) in [5.74, 6) is 0. The van der Waals surface area contributed by atoms with E-state index in [1.54, 1.807) is 6.92 Å². The van der Waals surface area contributed by atoms with Crippen molar-refractivity contribution in [2.24, 2.45) is 0 Å². The third-order valence-corrected chi connectivity index (χ3v) is 2.35. The Kier molecular flexibility index (Phi) is 5.07. The lowest BCUT2D eigenvalue weighted by Gasteiger charge is -2.04. The van der Waals surface area contributed by atoms with Crippen molar-refractivity contribution in [2.45, 2.75) is 6.92 Å². The third kappa shape index (κ3) is 4.59. The number of anilines is 1. The smallest absolute Gasteiger partial charge is 0.450 e. The molecule has 94 valence electrons. The molecule has 0 bridgehead atoms. The predicted octanol–water partition coefficient (Wildman–Crippen LogP) is 0.604. The molecule has 1 aromatic rings. The van der Waals surface area contributed by atoms with Crippen molar-refractivity contribution >= 4 is 27.7 Å². The van der Waals surface area contributed by atoms with Crippen molar-refractivity contribution < 1.29 is 14.5 Å². The van der Waals surface area contributed by atoms with Gasteiger partial charge in [0.15, 0.2) is 0 Å². The lowest BCUT2D eigenvalue weighted by atomic mass is 10.6. The second-order valence-corrected chi connectivity index (χ2v) is 3.68. The number of nitrogens with zero attached hydrogens (tertiary/aromatic N) is 3. The van der Waals surface area contributed by atoms with Crippen LogP contribution in [0.25, 0.3) is 0 Å². The van der Waals surface area contributed by atoms with E-state index in [0.717, 1.165) is 11.3 Å². The standard InChI is InChI=1S/C7H11N5O4S/c1-2-16-7(13)9-4-3-8-5-10-11-6(17-5)12(14)15/h2-4H2,1H3,(H,8,10)(H,9,13). The Labute approximate surface area is 100 Å². The lowest BCUT2D eigenvalue weighted by molar-refractivity contribution is -0.385. The highest BCUT2D eigenvalue weighted by molar-refractivity contribution is 7.18. The molecule has 0 aromatic carbocycles. The van der Waals surface area contributed by atoms with Crippen LogP contribution in [0.4, 0.5) is 15.1 Å². The van der Waals surface area contributed by atoms with Crippen LogP contribution in [0.3, 0.4) is 0 Å². The quantitative estimate of drug-likeness (QED) is 0.437. The largest absolute Gasteiger partial charge is 0.452 e. The van der Waals surface area contributed by atoms with Crippen molar-refractivity contribution in [3.05, 3.63) is 10.1 Å². The van der Waals surface area contributed by atoms with E-state index in [-0.39, 0.29) is 5.13 Å².